The van der Waals surface area contributed by atoms with Crippen LogP contribution in [-0.4, -0.2) is 13.9 Å². The molecule has 5 heteroatoms. The first-order chi connectivity index (χ1) is 15.8. The van der Waals surface area contributed by atoms with Crippen molar-refractivity contribution in [3.05, 3.63) is 74.1 Å². The average molecular weight is 442 g/mol. The first kappa shape index (κ1) is 18.8. The smallest absolute Gasteiger partial charge is 0.246 e. The molecule has 9 rings (SSSR count). The Hall–Kier alpha value is -2.56. The van der Waals surface area contributed by atoms with Crippen LogP contribution in [0.4, 0.5) is 0 Å². The van der Waals surface area contributed by atoms with E-state index in [-0.39, 0.29) is 40.3 Å². The van der Waals surface area contributed by atoms with Crippen LogP contribution >= 0.6 is 0 Å². The molecule has 2 aliphatic heterocycles. The van der Waals surface area contributed by atoms with Crippen LogP contribution < -0.4 is 11.4 Å². The molecule has 0 radical (unpaired) electrons. The molecule has 1 aromatic carbocycles. The van der Waals surface area contributed by atoms with Gasteiger partial charge in [0, 0.05) is 17.9 Å². The summed E-state index contributed by atoms with van der Waals surface area (Å²) in [6.07, 6.45) is 9.86. The van der Waals surface area contributed by atoms with Gasteiger partial charge in [0.25, 0.3) is 0 Å². The Morgan fingerprint density at radius 3 is 2.27 bits per heavy atom. The Bertz CT molecular complexity index is 1430. The average Bonchev–Trinajstić information content (AvgIpc) is 3.25. The molecule has 2 fully saturated rings. The van der Waals surface area contributed by atoms with Gasteiger partial charge in [0.15, 0.2) is 0 Å². The summed E-state index contributed by atoms with van der Waals surface area (Å²) < 4.78 is 5.49. The predicted octanol–water partition coefficient (Wildman–Crippen LogP) is 4.51. The number of allylic oxidation sites excluding steroid dienone is 4. The fourth-order valence-electron chi connectivity index (χ4n) is 9.07. The van der Waals surface area contributed by atoms with Crippen LogP contribution in [0.25, 0.3) is 5.57 Å². The maximum Gasteiger partial charge on any atom is 0.348 e. The van der Waals surface area contributed by atoms with Gasteiger partial charge >= 0.3 is 11.4 Å². The molecule has 0 N–H and O–H groups in total. The highest BCUT2D eigenvalue weighted by Gasteiger charge is 2.63. The highest BCUT2D eigenvalue weighted by atomic mass is 16.2. The summed E-state index contributed by atoms with van der Waals surface area (Å²) in [5.74, 6) is 1.26. The van der Waals surface area contributed by atoms with E-state index in [1.54, 1.807) is 4.57 Å². The van der Waals surface area contributed by atoms with E-state index in [9.17, 15) is 9.59 Å². The molecule has 1 aromatic heterocycles. The summed E-state index contributed by atoms with van der Waals surface area (Å²) in [7, 11) is 0. The van der Waals surface area contributed by atoms with Crippen LogP contribution in [-0.2, 0) is 6.42 Å². The third-order valence-electron chi connectivity index (χ3n) is 11.3. The largest absolute Gasteiger partial charge is 0.348 e. The van der Waals surface area contributed by atoms with E-state index in [0.29, 0.717) is 17.8 Å². The van der Waals surface area contributed by atoms with Crippen molar-refractivity contribution in [3.63, 3.8) is 0 Å². The van der Waals surface area contributed by atoms with Crippen LogP contribution in [0.1, 0.15) is 75.7 Å². The van der Waals surface area contributed by atoms with E-state index in [1.807, 2.05) is 9.36 Å². The van der Waals surface area contributed by atoms with E-state index in [4.69, 9.17) is 0 Å². The second-order valence-corrected chi connectivity index (χ2v) is 12.3. The van der Waals surface area contributed by atoms with Gasteiger partial charge in [0.1, 0.15) is 0 Å². The number of aryl methyl sites for hydroxylation is 1. The molecule has 3 heterocycles. The van der Waals surface area contributed by atoms with Gasteiger partial charge in [-0.3, -0.25) is 0 Å². The van der Waals surface area contributed by atoms with Gasteiger partial charge in [0.2, 0.25) is 0 Å². The maximum atomic E-state index is 14.2. The van der Waals surface area contributed by atoms with Crippen molar-refractivity contribution in [3.8, 4) is 0 Å². The van der Waals surface area contributed by atoms with E-state index in [2.05, 4.69) is 57.2 Å². The Kier molecular flexibility index (Phi) is 3.17. The second-order valence-electron chi connectivity index (χ2n) is 12.3. The number of hydrogen-bond donors (Lipinski definition) is 0. The molecule has 0 unspecified atom stereocenters. The molecule has 4 bridgehead atoms. The van der Waals surface area contributed by atoms with Crippen molar-refractivity contribution in [2.24, 2.45) is 28.6 Å². The van der Waals surface area contributed by atoms with Crippen LogP contribution in [0.3, 0.4) is 0 Å². The SMILES string of the molecule is CC1(C)[C@H]2CC[C@]1(C)[C@H](n1c(=O)n3n(c1=O)[C@H]1C4=C(c5ccccc5CC4)[C@H]3[C@@H]3C=C[C@@H]31)C2. The van der Waals surface area contributed by atoms with Crippen LogP contribution in [0, 0.1) is 28.6 Å². The molecule has 7 aliphatic rings. The lowest BCUT2D eigenvalue weighted by atomic mass is 9.59. The molecule has 33 heavy (non-hydrogen) atoms. The van der Waals surface area contributed by atoms with Crippen LogP contribution in [0.5, 0.6) is 0 Å². The zero-order valence-electron chi connectivity index (χ0n) is 19.6. The van der Waals surface area contributed by atoms with Gasteiger partial charge < -0.3 is 0 Å². The molecule has 0 saturated heterocycles. The lowest BCUT2D eigenvalue weighted by Crippen LogP contribution is -2.54. The fraction of sp³-hybridized carbons (Fsp3) is 0.571. The quantitative estimate of drug-likeness (QED) is 0.612. The molecule has 170 valence electrons. The standard InChI is InChI=1S/C28H31N3O2/c1-27(2)16-12-13-28(27,3)21(14-16)29-25(32)30-23-18-10-11-19(18)24(31(30)26(29)33)22-17-7-5-4-6-15(17)8-9-20(22)23/h4-7,10-11,16,18-19,21,23-24H,8-9,12-14H2,1-3H3/t16-,18-,19+,21+,23+,24+,28+/m0/s1. The van der Waals surface area contributed by atoms with Crippen LogP contribution in [0.15, 0.2) is 51.6 Å². The first-order valence-corrected chi connectivity index (χ1v) is 12.8. The summed E-state index contributed by atoms with van der Waals surface area (Å²) in [5, 5.41) is 0. The van der Waals surface area contributed by atoms with Gasteiger partial charge in [0.05, 0.1) is 12.1 Å². The molecule has 2 aromatic rings. The molecular formula is C28H31N3O2. The Morgan fingerprint density at radius 2 is 1.61 bits per heavy atom. The third kappa shape index (κ3) is 1.85. The van der Waals surface area contributed by atoms with Gasteiger partial charge in [-0.2, -0.15) is 0 Å². The summed E-state index contributed by atoms with van der Waals surface area (Å²) in [6, 6.07) is 8.64. The molecule has 0 amide bonds. The molecule has 5 aliphatic carbocycles. The summed E-state index contributed by atoms with van der Waals surface area (Å²) >= 11 is 0. The number of hydrogen-bond acceptors (Lipinski definition) is 2. The van der Waals surface area contributed by atoms with Gasteiger partial charge in [-0.25, -0.2) is 23.5 Å². The molecule has 7 atom stereocenters. The van der Waals surface area contributed by atoms with Crippen molar-refractivity contribution < 1.29 is 0 Å². The number of aromatic nitrogens is 3. The van der Waals surface area contributed by atoms with E-state index < -0.39 is 0 Å². The zero-order chi connectivity index (χ0) is 22.4. The van der Waals surface area contributed by atoms with Gasteiger partial charge in [-0.15, -0.1) is 0 Å². The topological polar surface area (TPSA) is 48.9 Å². The molecule has 2 saturated carbocycles. The van der Waals surface area contributed by atoms with Crippen molar-refractivity contribution in [2.75, 3.05) is 0 Å². The normalized spacial score (nSPS) is 40.3. The van der Waals surface area contributed by atoms with Gasteiger partial charge in [-0.05, 0) is 71.1 Å². The monoisotopic (exact) mass is 441 g/mol. The minimum absolute atomic E-state index is 0.00531. The second kappa shape index (κ2) is 5.56. The minimum Gasteiger partial charge on any atom is -0.246 e. The lowest BCUT2D eigenvalue weighted by Gasteiger charge is -2.54. The number of benzene rings is 1. The Labute approximate surface area is 193 Å². The molecular weight excluding hydrogens is 410 g/mol. The highest BCUT2D eigenvalue weighted by molar-refractivity contribution is 5.79. The summed E-state index contributed by atoms with van der Waals surface area (Å²) in [5.41, 5.74) is 5.45. The van der Waals surface area contributed by atoms with Crippen molar-refractivity contribution in [1.29, 1.82) is 0 Å². The van der Waals surface area contributed by atoms with E-state index in [0.717, 1.165) is 25.7 Å². The van der Waals surface area contributed by atoms with Crippen LogP contribution in [0.2, 0.25) is 0 Å². The number of rotatable bonds is 1. The molecule has 5 nitrogen and oxygen atoms in total. The van der Waals surface area contributed by atoms with Crippen molar-refractivity contribution in [2.45, 2.75) is 71.0 Å². The van der Waals surface area contributed by atoms with E-state index >= 15 is 0 Å². The van der Waals surface area contributed by atoms with Gasteiger partial charge in [-0.1, -0.05) is 57.2 Å². The number of nitrogens with zero attached hydrogens (tertiary/aromatic N) is 3. The lowest BCUT2D eigenvalue weighted by molar-refractivity contribution is 0.103. The number of fused-ring (bicyclic) bond motifs is 3. The summed E-state index contributed by atoms with van der Waals surface area (Å²) in [6.45, 7) is 7.04. The Balaban J connectivity index is 1.37. The zero-order valence-corrected chi connectivity index (χ0v) is 19.6. The fourth-order valence-corrected chi connectivity index (χ4v) is 9.07. The minimum atomic E-state index is -0.0714. The van der Waals surface area contributed by atoms with Crippen molar-refractivity contribution in [1.82, 2.24) is 13.9 Å². The van der Waals surface area contributed by atoms with Crippen molar-refractivity contribution >= 4 is 5.57 Å². The third-order valence-corrected chi connectivity index (χ3v) is 11.3. The first-order valence-electron chi connectivity index (χ1n) is 12.8. The molecule has 0 spiro atoms. The summed E-state index contributed by atoms with van der Waals surface area (Å²) in [4.78, 5) is 28.3. The highest BCUT2D eigenvalue weighted by Crippen LogP contribution is 2.69. The van der Waals surface area contributed by atoms with E-state index in [1.165, 1.54) is 28.7 Å². The maximum absolute atomic E-state index is 14.2. The predicted molar refractivity (Wildman–Crippen MR) is 127 cm³/mol. The Morgan fingerprint density at radius 1 is 0.909 bits per heavy atom.